The van der Waals surface area contributed by atoms with Gasteiger partial charge in [0.15, 0.2) is 11.6 Å². The largest absolute Gasteiger partial charge is 0.465 e. The van der Waals surface area contributed by atoms with Gasteiger partial charge in [-0.2, -0.15) is 0 Å². The number of esters is 2. The Morgan fingerprint density at radius 1 is 0.814 bits per heavy atom. The minimum Gasteiger partial charge on any atom is -0.465 e. The molecule has 0 spiro atoms. The monoisotopic (exact) mass is 698 g/mol. The van der Waals surface area contributed by atoms with Crippen molar-refractivity contribution in [2.45, 2.75) is 76.3 Å². The molecule has 0 radical (unpaired) electrons. The van der Waals surface area contributed by atoms with Crippen molar-refractivity contribution in [1.29, 1.82) is 0 Å². The van der Waals surface area contributed by atoms with Gasteiger partial charge in [-0.15, -0.1) is 0 Å². The van der Waals surface area contributed by atoms with E-state index in [0.717, 1.165) is 36.8 Å². The van der Waals surface area contributed by atoms with Crippen LogP contribution in [0.4, 0.5) is 0 Å². The predicted octanol–water partition coefficient (Wildman–Crippen LogP) is 6.41. The lowest BCUT2D eigenvalue weighted by Gasteiger charge is -2.37. The summed E-state index contributed by atoms with van der Waals surface area (Å²) in [6.07, 6.45) is 6.17. The molecule has 4 rings (SSSR count). The number of hydrogen-bond donors (Lipinski definition) is 2. The molecule has 11 heteroatoms. The number of carbonyl (C=O) groups excluding carboxylic acids is 4. The summed E-state index contributed by atoms with van der Waals surface area (Å²) in [6.45, 7) is 4.33. The lowest BCUT2D eigenvalue weighted by atomic mass is 9.75. The molecule has 0 aromatic heterocycles. The molecule has 0 aliphatic heterocycles. The number of benzene rings is 2. The van der Waals surface area contributed by atoms with Crippen LogP contribution in [0.5, 0.6) is 0 Å². The second-order valence-electron chi connectivity index (χ2n) is 10.2. The Morgan fingerprint density at radius 2 is 1.33 bits per heavy atom. The molecule has 2 aromatic rings. The number of carbonyl (C=O) groups is 4. The number of rotatable bonds is 8. The van der Waals surface area contributed by atoms with E-state index >= 15 is 0 Å². The maximum Gasteiger partial charge on any atom is 0.319 e. The highest BCUT2D eigenvalue weighted by molar-refractivity contribution is 9.09. The van der Waals surface area contributed by atoms with E-state index in [2.05, 4.69) is 26.0 Å². The third kappa shape index (κ3) is 10.4. The van der Waals surface area contributed by atoms with Crippen molar-refractivity contribution in [3.8, 4) is 0 Å². The van der Waals surface area contributed by atoms with Crippen LogP contribution in [0, 0.1) is 0 Å². The fourth-order valence-corrected chi connectivity index (χ4v) is 5.96. The number of nitrogens with one attached hydrogen (secondary N) is 1. The van der Waals surface area contributed by atoms with Crippen molar-refractivity contribution in [3.05, 3.63) is 69.7 Å². The molecule has 3 N–H and O–H groups in total. The van der Waals surface area contributed by atoms with Crippen molar-refractivity contribution in [1.82, 2.24) is 5.32 Å². The molecule has 2 fully saturated rings. The van der Waals surface area contributed by atoms with E-state index in [0.29, 0.717) is 54.3 Å². The minimum absolute atomic E-state index is 0.00477. The molecule has 2 aliphatic carbocycles. The molecule has 2 aromatic carbocycles. The number of Topliss-reactive ketones (excluding diaryl/α,β-unsaturated/α-hetero) is 2. The normalized spacial score (nSPS) is 21.4. The maximum atomic E-state index is 12.6. The van der Waals surface area contributed by atoms with Gasteiger partial charge in [-0.25, -0.2) is 0 Å². The average Bonchev–Trinajstić information content (AvgIpc) is 3.00. The Hall–Kier alpha value is -2.30. The first kappa shape index (κ1) is 36.9. The smallest absolute Gasteiger partial charge is 0.319 e. The second-order valence-corrected chi connectivity index (χ2v) is 11.6. The van der Waals surface area contributed by atoms with Crippen LogP contribution >= 0.6 is 39.1 Å². The highest BCUT2D eigenvalue weighted by Gasteiger charge is 2.42. The van der Waals surface area contributed by atoms with Crippen LogP contribution in [-0.2, 0) is 39.7 Å². The number of halogens is 3. The second kappa shape index (κ2) is 18.5. The van der Waals surface area contributed by atoms with E-state index < -0.39 is 11.1 Å². The summed E-state index contributed by atoms with van der Waals surface area (Å²) in [5, 5.41) is 4.55. The minimum atomic E-state index is -0.872. The lowest BCUT2D eigenvalue weighted by molar-refractivity contribution is -0.143. The van der Waals surface area contributed by atoms with E-state index in [1.807, 2.05) is 36.4 Å². The fraction of sp³-hybridized carbons (Fsp3) is 0.500. The number of hydrogen-bond acceptors (Lipinski definition) is 8. The Balaban J connectivity index is 0.000000255. The van der Waals surface area contributed by atoms with Crippen molar-refractivity contribution in [2.75, 3.05) is 25.1 Å². The average molecular weight is 700 g/mol. The number of ether oxygens (including phenoxy) is 2. The predicted molar refractivity (Wildman–Crippen MR) is 172 cm³/mol. The highest BCUT2D eigenvalue weighted by atomic mass is 79.9. The van der Waals surface area contributed by atoms with Gasteiger partial charge in [0, 0.05) is 22.9 Å². The Labute approximate surface area is 272 Å². The molecular formula is C32H41BrCl2N2O6. The van der Waals surface area contributed by atoms with Crippen molar-refractivity contribution < 1.29 is 28.7 Å². The summed E-state index contributed by atoms with van der Waals surface area (Å²) in [5.41, 5.74) is 5.99. The van der Waals surface area contributed by atoms with Crippen LogP contribution in [-0.4, -0.2) is 48.6 Å². The summed E-state index contributed by atoms with van der Waals surface area (Å²) in [5.74, 6) is -0.363. The number of alkyl halides is 1. The zero-order chi connectivity index (χ0) is 31.9. The first-order valence-corrected chi connectivity index (χ1v) is 16.4. The molecule has 2 aliphatic rings. The molecule has 236 valence electrons. The molecular weight excluding hydrogens is 659 g/mol. The zero-order valence-electron chi connectivity index (χ0n) is 24.8. The number of ketones is 2. The maximum absolute atomic E-state index is 12.6. The number of nitrogens with two attached hydrogens (primary N) is 1. The molecule has 2 saturated carbocycles. The molecule has 0 bridgehead atoms. The van der Waals surface area contributed by atoms with Crippen LogP contribution in [0.15, 0.2) is 48.5 Å². The first-order chi connectivity index (χ1) is 20.5. The Morgan fingerprint density at radius 3 is 1.81 bits per heavy atom. The Kier molecular flexibility index (Phi) is 15.9. The molecule has 2 atom stereocenters. The quantitative estimate of drug-likeness (QED) is 0.239. The van der Waals surface area contributed by atoms with Crippen molar-refractivity contribution in [3.63, 3.8) is 0 Å². The van der Waals surface area contributed by atoms with Gasteiger partial charge in [0.05, 0.1) is 19.8 Å². The third-order valence-corrected chi connectivity index (χ3v) is 8.46. The van der Waals surface area contributed by atoms with Gasteiger partial charge in [-0.3, -0.25) is 24.5 Å². The van der Waals surface area contributed by atoms with Crippen LogP contribution in [0.2, 0.25) is 10.0 Å². The lowest BCUT2D eigenvalue weighted by Crippen LogP contribution is -2.52. The van der Waals surface area contributed by atoms with Gasteiger partial charge in [-0.1, -0.05) is 88.4 Å². The summed E-state index contributed by atoms with van der Waals surface area (Å²) in [4.78, 5) is 46.2. The SMILES string of the molecule is CCOC(=O)CBr.CCOC(=O)CNC1(c2ccccc2Cl)CCCCC1=O.NC1(c2ccccc2Cl)CCCCC1=O. The van der Waals surface area contributed by atoms with Gasteiger partial charge in [-0.05, 0) is 62.8 Å². The van der Waals surface area contributed by atoms with Crippen molar-refractivity contribution in [2.24, 2.45) is 5.73 Å². The van der Waals surface area contributed by atoms with Crippen LogP contribution < -0.4 is 11.1 Å². The zero-order valence-corrected chi connectivity index (χ0v) is 27.9. The molecule has 8 nitrogen and oxygen atoms in total. The van der Waals surface area contributed by atoms with Gasteiger partial charge in [0.1, 0.15) is 16.4 Å². The first-order valence-electron chi connectivity index (χ1n) is 14.5. The summed E-state index contributed by atoms with van der Waals surface area (Å²) < 4.78 is 9.44. The van der Waals surface area contributed by atoms with E-state index in [9.17, 15) is 19.2 Å². The van der Waals surface area contributed by atoms with Gasteiger partial charge in [0.25, 0.3) is 0 Å². The van der Waals surface area contributed by atoms with Crippen LogP contribution in [0.25, 0.3) is 0 Å². The standard InChI is InChI=1S/C16H20ClNO3.C12H14ClNO.C4H7BrO2/c1-2-21-15(20)11-18-16(10-6-5-9-14(16)19)12-7-3-4-8-13(12)17;13-10-6-2-1-5-9(10)12(14)8-4-3-7-11(12)15;1-2-7-4(6)3-5/h3-4,7-8,18H,2,5-6,9-11H2,1H3;1-2,5-6H,3-4,7-8,14H2;2-3H2,1H3. The molecule has 0 saturated heterocycles. The molecule has 43 heavy (non-hydrogen) atoms. The van der Waals surface area contributed by atoms with E-state index in [1.54, 1.807) is 26.0 Å². The highest BCUT2D eigenvalue weighted by Crippen LogP contribution is 2.38. The summed E-state index contributed by atoms with van der Waals surface area (Å²) in [6, 6.07) is 14.7. The molecule has 0 heterocycles. The van der Waals surface area contributed by atoms with E-state index in [4.69, 9.17) is 33.7 Å². The van der Waals surface area contributed by atoms with Crippen LogP contribution in [0.3, 0.4) is 0 Å². The van der Waals surface area contributed by atoms with Gasteiger partial charge in [0.2, 0.25) is 0 Å². The Bertz CT molecular complexity index is 1250. The van der Waals surface area contributed by atoms with E-state index in [1.165, 1.54) is 0 Å². The third-order valence-electron chi connectivity index (χ3n) is 7.35. The summed E-state index contributed by atoms with van der Waals surface area (Å²) >= 11 is 15.3. The van der Waals surface area contributed by atoms with Gasteiger partial charge >= 0.3 is 11.9 Å². The van der Waals surface area contributed by atoms with Crippen molar-refractivity contribution >= 4 is 62.6 Å². The van der Waals surface area contributed by atoms with Crippen LogP contribution in [0.1, 0.15) is 76.3 Å². The molecule has 0 amide bonds. The summed E-state index contributed by atoms with van der Waals surface area (Å²) in [7, 11) is 0. The topological polar surface area (TPSA) is 125 Å². The fourth-order valence-electron chi connectivity index (χ4n) is 5.20. The van der Waals surface area contributed by atoms with E-state index in [-0.39, 0.29) is 30.0 Å². The van der Waals surface area contributed by atoms with Gasteiger partial charge < -0.3 is 15.2 Å². The molecule has 2 unspecified atom stereocenters.